The summed E-state index contributed by atoms with van der Waals surface area (Å²) in [5.74, 6) is 1.62. The van der Waals surface area contributed by atoms with Gasteiger partial charge in [-0.25, -0.2) is 0 Å². The van der Waals surface area contributed by atoms with Crippen molar-refractivity contribution in [1.29, 1.82) is 0 Å². The van der Waals surface area contributed by atoms with Gasteiger partial charge in [-0.05, 0) is 38.0 Å². The first-order chi connectivity index (χ1) is 8.21. The van der Waals surface area contributed by atoms with E-state index in [4.69, 9.17) is 9.47 Å². The number of ether oxygens (including phenoxy) is 2. The molecule has 0 heterocycles. The molecule has 0 saturated carbocycles. The van der Waals surface area contributed by atoms with Crippen LogP contribution in [0.3, 0.4) is 0 Å². The van der Waals surface area contributed by atoms with Gasteiger partial charge in [-0.2, -0.15) is 0 Å². The lowest BCUT2D eigenvalue weighted by Gasteiger charge is -2.16. The van der Waals surface area contributed by atoms with E-state index in [0.717, 1.165) is 29.9 Å². The van der Waals surface area contributed by atoms with Crippen LogP contribution < -0.4 is 9.47 Å². The van der Waals surface area contributed by atoms with E-state index >= 15 is 0 Å². The van der Waals surface area contributed by atoms with Crippen LogP contribution in [0.5, 0.6) is 11.5 Å². The maximum absolute atomic E-state index is 5.86. The Hall–Kier alpha value is -1.44. The van der Waals surface area contributed by atoms with Gasteiger partial charge in [-0.1, -0.05) is 31.6 Å². The van der Waals surface area contributed by atoms with Gasteiger partial charge >= 0.3 is 0 Å². The number of allylic oxidation sites excluding steroid dienone is 1. The van der Waals surface area contributed by atoms with Crippen molar-refractivity contribution >= 4 is 6.08 Å². The third kappa shape index (κ3) is 4.14. The molecule has 2 nitrogen and oxygen atoms in total. The van der Waals surface area contributed by atoms with Crippen molar-refractivity contribution in [3.63, 3.8) is 0 Å². The van der Waals surface area contributed by atoms with Crippen LogP contribution in [0, 0.1) is 0 Å². The number of methoxy groups -OCH3 is 1. The molecule has 0 aliphatic heterocycles. The molecule has 0 N–H and O–H groups in total. The summed E-state index contributed by atoms with van der Waals surface area (Å²) in [6, 6.07) is 6.00. The highest BCUT2D eigenvalue weighted by molar-refractivity contribution is 5.55. The Bertz CT molecular complexity index is 369. The highest BCUT2D eigenvalue weighted by Gasteiger charge is 2.08. The van der Waals surface area contributed by atoms with Gasteiger partial charge in [0.05, 0.1) is 13.2 Å². The normalized spacial score (nSPS) is 12.7. The van der Waals surface area contributed by atoms with Crippen LogP contribution in [0.4, 0.5) is 0 Å². The molecule has 17 heavy (non-hydrogen) atoms. The van der Waals surface area contributed by atoms with Crippen molar-refractivity contribution in [3.8, 4) is 11.5 Å². The van der Waals surface area contributed by atoms with E-state index < -0.39 is 0 Å². The van der Waals surface area contributed by atoms with Gasteiger partial charge in [0.1, 0.15) is 0 Å². The number of benzene rings is 1. The van der Waals surface area contributed by atoms with Gasteiger partial charge in [0.25, 0.3) is 0 Å². The molecule has 1 rings (SSSR count). The van der Waals surface area contributed by atoms with E-state index in [9.17, 15) is 0 Å². The second-order valence-corrected chi connectivity index (χ2v) is 4.13. The fraction of sp³-hybridized carbons (Fsp3) is 0.467. The fourth-order valence-corrected chi connectivity index (χ4v) is 1.76. The van der Waals surface area contributed by atoms with Crippen LogP contribution in [0.1, 0.15) is 39.2 Å². The molecule has 1 aromatic carbocycles. The highest BCUT2D eigenvalue weighted by Crippen LogP contribution is 2.29. The molecule has 0 saturated heterocycles. The minimum atomic E-state index is 0.224. The van der Waals surface area contributed by atoms with Crippen LogP contribution in [0.2, 0.25) is 0 Å². The van der Waals surface area contributed by atoms with Crippen LogP contribution in [0.25, 0.3) is 6.08 Å². The Morgan fingerprint density at radius 1 is 1.29 bits per heavy atom. The third-order valence-corrected chi connectivity index (χ3v) is 2.57. The van der Waals surface area contributed by atoms with Crippen molar-refractivity contribution in [2.24, 2.45) is 0 Å². The van der Waals surface area contributed by atoms with Crippen LogP contribution in [0.15, 0.2) is 24.3 Å². The van der Waals surface area contributed by atoms with E-state index in [1.807, 2.05) is 37.3 Å². The summed E-state index contributed by atoms with van der Waals surface area (Å²) in [5.41, 5.74) is 1.12. The summed E-state index contributed by atoms with van der Waals surface area (Å²) < 4.78 is 11.2. The molecule has 1 atom stereocenters. The van der Waals surface area contributed by atoms with Crippen molar-refractivity contribution in [2.45, 2.75) is 39.7 Å². The highest BCUT2D eigenvalue weighted by atomic mass is 16.5. The Balaban J connectivity index is 2.84. The lowest BCUT2D eigenvalue weighted by Crippen LogP contribution is -2.11. The molecule has 0 radical (unpaired) electrons. The first-order valence-electron chi connectivity index (χ1n) is 6.18. The second kappa shape index (κ2) is 7.00. The average molecular weight is 234 g/mol. The fourth-order valence-electron chi connectivity index (χ4n) is 1.76. The van der Waals surface area contributed by atoms with E-state index in [1.165, 1.54) is 0 Å². The lowest BCUT2D eigenvalue weighted by molar-refractivity contribution is 0.201. The lowest BCUT2D eigenvalue weighted by atomic mass is 10.2. The van der Waals surface area contributed by atoms with E-state index in [0.29, 0.717) is 0 Å². The minimum Gasteiger partial charge on any atom is -0.493 e. The third-order valence-electron chi connectivity index (χ3n) is 2.57. The zero-order chi connectivity index (χ0) is 12.7. The largest absolute Gasteiger partial charge is 0.493 e. The first-order valence-corrected chi connectivity index (χ1v) is 6.18. The molecule has 0 aliphatic carbocycles. The summed E-state index contributed by atoms with van der Waals surface area (Å²) >= 11 is 0. The van der Waals surface area contributed by atoms with Crippen molar-refractivity contribution in [1.82, 2.24) is 0 Å². The molecule has 0 aliphatic rings. The minimum absolute atomic E-state index is 0.224. The molecule has 1 aromatic rings. The van der Waals surface area contributed by atoms with Crippen LogP contribution in [-0.4, -0.2) is 13.2 Å². The van der Waals surface area contributed by atoms with Crippen molar-refractivity contribution < 1.29 is 9.47 Å². The molecule has 0 fully saturated rings. The number of hydrogen-bond donors (Lipinski definition) is 0. The first kappa shape index (κ1) is 13.6. The van der Waals surface area contributed by atoms with E-state index in [-0.39, 0.29) is 6.10 Å². The van der Waals surface area contributed by atoms with Crippen LogP contribution in [-0.2, 0) is 0 Å². The summed E-state index contributed by atoms with van der Waals surface area (Å²) in [5, 5.41) is 0. The predicted molar refractivity (Wildman–Crippen MR) is 72.7 cm³/mol. The molecular formula is C15H22O2. The standard InChI is InChI=1S/C15H22O2/c1-5-7-12(3)17-14-10-9-13(8-6-2)11-15(14)16-4/h6,8-12H,5,7H2,1-4H3/b8-6-. The number of hydrogen-bond acceptors (Lipinski definition) is 2. The maximum atomic E-state index is 5.86. The number of rotatable bonds is 6. The summed E-state index contributed by atoms with van der Waals surface area (Å²) in [7, 11) is 1.67. The van der Waals surface area contributed by atoms with E-state index in [1.54, 1.807) is 7.11 Å². The molecular weight excluding hydrogens is 212 g/mol. The Kier molecular flexibility index (Phi) is 5.61. The zero-order valence-electron chi connectivity index (χ0n) is 11.2. The Morgan fingerprint density at radius 3 is 2.65 bits per heavy atom. The molecule has 0 bridgehead atoms. The molecule has 2 heteroatoms. The van der Waals surface area contributed by atoms with Gasteiger partial charge in [0, 0.05) is 0 Å². The Labute approximate surface area is 104 Å². The van der Waals surface area contributed by atoms with Gasteiger partial charge in [0.2, 0.25) is 0 Å². The van der Waals surface area contributed by atoms with Gasteiger partial charge < -0.3 is 9.47 Å². The Morgan fingerprint density at radius 2 is 2.06 bits per heavy atom. The smallest absolute Gasteiger partial charge is 0.161 e. The topological polar surface area (TPSA) is 18.5 Å². The van der Waals surface area contributed by atoms with Crippen molar-refractivity contribution in [2.75, 3.05) is 7.11 Å². The molecule has 0 spiro atoms. The van der Waals surface area contributed by atoms with Gasteiger partial charge in [-0.15, -0.1) is 0 Å². The van der Waals surface area contributed by atoms with Crippen LogP contribution >= 0.6 is 0 Å². The van der Waals surface area contributed by atoms with Gasteiger partial charge in [-0.3, -0.25) is 0 Å². The zero-order valence-corrected chi connectivity index (χ0v) is 11.2. The molecule has 0 amide bonds. The second-order valence-electron chi connectivity index (χ2n) is 4.13. The van der Waals surface area contributed by atoms with Gasteiger partial charge in [0.15, 0.2) is 11.5 Å². The quantitative estimate of drug-likeness (QED) is 0.730. The summed E-state index contributed by atoms with van der Waals surface area (Å²) in [6.07, 6.45) is 6.46. The molecule has 1 unspecified atom stereocenters. The summed E-state index contributed by atoms with van der Waals surface area (Å²) in [6.45, 7) is 6.25. The van der Waals surface area contributed by atoms with Crippen molar-refractivity contribution in [3.05, 3.63) is 29.8 Å². The average Bonchev–Trinajstić information content (AvgIpc) is 2.31. The SMILES string of the molecule is C/C=C\c1ccc(OC(C)CCC)c(OC)c1. The predicted octanol–water partition coefficient (Wildman–Crippen LogP) is 4.30. The monoisotopic (exact) mass is 234 g/mol. The maximum Gasteiger partial charge on any atom is 0.161 e. The summed E-state index contributed by atoms with van der Waals surface area (Å²) in [4.78, 5) is 0. The molecule has 0 aromatic heterocycles. The van der Waals surface area contributed by atoms with E-state index in [2.05, 4.69) is 13.8 Å². The molecule has 94 valence electrons.